The maximum absolute atomic E-state index is 14.8. The highest BCUT2D eigenvalue weighted by molar-refractivity contribution is 5.97. The van der Waals surface area contributed by atoms with Gasteiger partial charge in [0.1, 0.15) is 29.3 Å². The Hall–Kier alpha value is -4.53. The molecule has 44 heavy (non-hydrogen) atoms. The average molecular weight is 625 g/mol. The van der Waals surface area contributed by atoms with E-state index in [9.17, 15) is 46.2 Å². The molecule has 236 valence electrons. The molecule has 0 saturated carbocycles. The van der Waals surface area contributed by atoms with E-state index in [1.165, 1.54) is 25.6 Å². The first-order chi connectivity index (χ1) is 20.6. The van der Waals surface area contributed by atoms with Gasteiger partial charge in [-0.3, -0.25) is 14.2 Å². The van der Waals surface area contributed by atoms with Crippen LogP contribution in [-0.2, 0) is 43.3 Å². The maximum atomic E-state index is 14.8. The molecular formula is C29H29F5N4O6. The van der Waals surface area contributed by atoms with Gasteiger partial charge in [-0.1, -0.05) is 19.1 Å². The van der Waals surface area contributed by atoms with Gasteiger partial charge in [0, 0.05) is 31.9 Å². The molecule has 3 aromatic rings. The summed E-state index contributed by atoms with van der Waals surface area (Å²) in [6, 6.07) is 0.411. The lowest BCUT2D eigenvalue weighted by Gasteiger charge is -2.22. The van der Waals surface area contributed by atoms with E-state index < -0.39 is 70.7 Å². The number of nitrogens with one attached hydrogen (secondary N) is 2. The van der Waals surface area contributed by atoms with Gasteiger partial charge in [-0.05, 0) is 47.7 Å². The van der Waals surface area contributed by atoms with Gasteiger partial charge in [-0.15, -0.1) is 0 Å². The topological polar surface area (TPSA) is 132 Å². The number of alkyl halides is 3. The molecule has 1 aromatic heterocycles. The number of carbonyl (C=O) groups is 2. The maximum Gasteiger partial charge on any atom is 0.408 e. The van der Waals surface area contributed by atoms with E-state index in [0.29, 0.717) is 40.1 Å². The highest BCUT2D eigenvalue weighted by Gasteiger charge is 2.38. The van der Waals surface area contributed by atoms with Crippen LogP contribution in [0.4, 0.5) is 27.6 Å². The number of hydrogen-bond acceptors (Lipinski definition) is 6. The summed E-state index contributed by atoms with van der Waals surface area (Å²) >= 11 is 0. The van der Waals surface area contributed by atoms with Crippen molar-refractivity contribution in [2.45, 2.75) is 58.2 Å². The first kappa shape index (κ1) is 32.4. The van der Waals surface area contributed by atoms with Crippen molar-refractivity contribution in [2.24, 2.45) is 14.1 Å². The second-order valence-electron chi connectivity index (χ2n) is 10.4. The Morgan fingerprint density at radius 1 is 1.05 bits per heavy atom. The number of carbonyl (C=O) groups excluding carboxylic acids is 1. The fourth-order valence-electron chi connectivity index (χ4n) is 5.16. The minimum atomic E-state index is -4.69. The van der Waals surface area contributed by atoms with Crippen molar-refractivity contribution in [2.75, 3.05) is 5.32 Å². The number of aliphatic carboxylic acids is 1. The fourth-order valence-corrected chi connectivity index (χ4v) is 5.16. The van der Waals surface area contributed by atoms with Crippen LogP contribution in [0, 0.1) is 18.6 Å². The predicted molar refractivity (Wildman–Crippen MR) is 148 cm³/mol. The number of carboxylic acids is 1. The third-order valence-corrected chi connectivity index (χ3v) is 7.69. The van der Waals surface area contributed by atoms with Crippen molar-refractivity contribution in [3.05, 3.63) is 84.7 Å². The summed E-state index contributed by atoms with van der Waals surface area (Å²) in [6.45, 7) is 2.98. The molecule has 3 N–H and O–H groups in total. The molecule has 4 rings (SSSR count). The molecule has 1 aliphatic rings. The van der Waals surface area contributed by atoms with Gasteiger partial charge in [-0.2, -0.15) is 13.2 Å². The summed E-state index contributed by atoms with van der Waals surface area (Å²) < 4.78 is 76.7. The van der Waals surface area contributed by atoms with Gasteiger partial charge < -0.3 is 25.0 Å². The molecule has 0 bridgehead atoms. The minimum Gasteiger partial charge on any atom is -0.480 e. The van der Waals surface area contributed by atoms with E-state index in [4.69, 9.17) is 4.74 Å². The number of carboxylic acid groups (broad SMARTS) is 1. The lowest BCUT2D eigenvalue weighted by atomic mass is 9.90. The van der Waals surface area contributed by atoms with Crippen molar-refractivity contribution in [3.63, 3.8) is 0 Å². The Balaban J connectivity index is 1.63. The molecule has 0 spiro atoms. The van der Waals surface area contributed by atoms with Crippen molar-refractivity contribution in [1.29, 1.82) is 0 Å². The summed E-state index contributed by atoms with van der Waals surface area (Å²) in [6.07, 6.45) is -5.44. The molecule has 1 aliphatic heterocycles. The summed E-state index contributed by atoms with van der Waals surface area (Å²) in [5, 5.41) is 13.9. The Morgan fingerprint density at radius 2 is 1.66 bits per heavy atom. The molecule has 2 heterocycles. The van der Waals surface area contributed by atoms with Crippen LogP contribution in [-0.4, -0.2) is 44.4 Å². The minimum absolute atomic E-state index is 0.0539. The van der Waals surface area contributed by atoms with Gasteiger partial charge in [0.25, 0.3) is 11.5 Å². The highest BCUT2D eigenvalue weighted by atomic mass is 19.4. The Bertz CT molecular complexity index is 1740. The number of anilines is 1. The van der Waals surface area contributed by atoms with Crippen LogP contribution in [0.25, 0.3) is 11.1 Å². The van der Waals surface area contributed by atoms with E-state index in [1.54, 1.807) is 19.1 Å². The van der Waals surface area contributed by atoms with E-state index in [2.05, 4.69) is 5.32 Å². The smallest absolute Gasteiger partial charge is 0.408 e. The van der Waals surface area contributed by atoms with Crippen LogP contribution in [0.2, 0.25) is 0 Å². The number of ether oxygens (including phenoxy) is 1. The number of halogens is 5. The molecule has 0 unspecified atom stereocenters. The first-order valence-electron chi connectivity index (χ1n) is 13.4. The lowest BCUT2D eigenvalue weighted by molar-refractivity contribution is -0.143. The van der Waals surface area contributed by atoms with Crippen molar-refractivity contribution < 1.29 is 41.4 Å². The molecule has 1 amide bonds. The molecule has 0 aliphatic carbocycles. The van der Waals surface area contributed by atoms with E-state index in [-0.39, 0.29) is 25.2 Å². The summed E-state index contributed by atoms with van der Waals surface area (Å²) in [5.74, 6) is -5.92. The number of amides is 1. The third kappa shape index (κ3) is 6.09. The van der Waals surface area contributed by atoms with Gasteiger partial charge >= 0.3 is 17.8 Å². The normalized spacial score (nSPS) is 14.2. The van der Waals surface area contributed by atoms with Gasteiger partial charge in [0.05, 0.1) is 18.8 Å². The average Bonchev–Trinajstić information content (AvgIpc) is 3.44. The van der Waals surface area contributed by atoms with Crippen molar-refractivity contribution in [3.8, 4) is 11.1 Å². The predicted octanol–water partition coefficient (Wildman–Crippen LogP) is 3.55. The Kier molecular flexibility index (Phi) is 9.00. The van der Waals surface area contributed by atoms with Gasteiger partial charge in [0.2, 0.25) is 0 Å². The molecule has 0 saturated heterocycles. The summed E-state index contributed by atoms with van der Waals surface area (Å²) in [4.78, 5) is 50.3. The highest BCUT2D eigenvalue weighted by Crippen LogP contribution is 2.34. The van der Waals surface area contributed by atoms with Crippen molar-refractivity contribution >= 4 is 17.6 Å². The Labute approximate surface area is 247 Å². The molecule has 10 nitrogen and oxygen atoms in total. The molecular weight excluding hydrogens is 595 g/mol. The number of fused-ring (bicyclic) bond motifs is 1. The number of rotatable bonds is 9. The van der Waals surface area contributed by atoms with E-state index in [1.807, 2.05) is 5.32 Å². The summed E-state index contributed by atoms with van der Waals surface area (Å²) in [7, 11) is 2.87. The zero-order valence-corrected chi connectivity index (χ0v) is 24.1. The second-order valence-corrected chi connectivity index (χ2v) is 10.4. The zero-order valence-electron chi connectivity index (χ0n) is 24.1. The van der Waals surface area contributed by atoms with Crippen molar-refractivity contribution in [1.82, 2.24) is 14.5 Å². The fraction of sp³-hybridized carbons (Fsp3) is 0.379. The van der Waals surface area contributed by atoms with Crippen LogP contribution in [0.3, 0.4) is 0 Å². The molecule has 0 fully saturated rings. The monoisotopic (exact) mass is 624 g/mol. The summed E-state index contributed by atoms with van der Waals surface area (Å²) in [5.41, 5.74) is -0.0297. The largest absolute Gasteiger partial charge is 0.480 e. The first-order valence-corrected chi connectivity index (χ1v) is 13.4. The van der Waals surface area contributed by atoms with Crippen LogP contribution in [0.1, 0.15) is 46.1 Å². The Morgan fingerprint density at radius 3 is 2.23 bits per heavy atom. The SMILES string of the molecule is CC[C@@H](Nc1cc(F)c(C(=O)N[C@@H](Cc2ccc(-c3c(C)n(C)c(=O)n(C)c3=O)c3c2COC3)C(=O)O)c(F)c1)C(F)(F)F. The van der Waals surface area contributed by atoms with Crippen LogP contribution >= 0.6 is 0 Å². The van der Waals surface area contributed by atoms with Crippen LogP contribution < -0.4 is 21.9 Å². The van der Waals surface area contributed by atoms with Crippen LogP contribution in [0.5, 0.6) is 0 Å². The van der Waals surface area contributed by atoms with E-state index in [0.717, 1.165) is 4.57 Å². The molecule has 15 heteroatoms. The quantitative estimate of drug-likeness (QED) is 0.311. The third-order valence-electron chi connectivity index (χ3n) is 7.69. The van der Waals surface area contributed by atoms with Gasteiger partial charge in [-0.25, -0.2) is 18.4 Å². The van der Waals surface area contributed by atoms with Crippen LogP contribution in [0.15, 0.2) is 33.9 Å². The number of benzene rings is 2. The van der Waals surface area contributed by atoms with E-state index >= 15 is 0 Å². The second kappa shape index (κ2) is 12.2. The number of hydrogen-bond donors (Lipinski definition) is 3. The lowest BCUT2D eigenvalue weighted by Crippen LogP contribution is -2.43. The molecule has 2 atom stereocenters. The van der Waals surface area contributed by atoms with Gasteiger partial charge in [0.15, 0.2) is 0 Å². The number of nitrogens with zero attached hydrogens (tertiary/aromatic N) is 2. The molecule has 2 aromatic carbocycles. The number of aromatic nitrogens is 2. The molecule has 0 radical (unpaired) electrons. The standard InChI is InChI=1S/C29H29F5N4O6/c1-5-22(29(32,33)34)35-15-9-19(30)24(20(31)10-15)25(39)36-21(27(41)42)8-14-6-7-16(18-12-44-11-17(14)18)23-13(2)37(3)28(43)38(4)26(23)40/h6-7,9-10,21-22,35H,5,8,11-12H2,1-4H3,(H,36,39)(H,41,42)/t21-,22+/m0/s1. The zero-order chi connectivity index (χ0) is 32.7.